The molecule has 0 amide bonds. The third-order valence-electron chi connectivity index (χ3n) is 4.00. The molecule has 2 heterocycles. The van der Waals surface area contributed by atoms with Crippen molar-refractivity contribution in [2.24, 2.45) is 0 Å². The SMILES string of the molecule is O=C(O)/C=C/c1cccc(-c2cccc(N3CCCNCC3)n2)c1. The number of aromatic nitrogens is 1. The summed E-state index contributed by atoms with van der Waals surface area (Å²) in [5.41, 5.74) is 2.73. The predicted octanol–water partition coefficient (Wildman–Crippen LogP) is 2.65. The molecule has 3 rings (SSSR count). The summed E-state index contributed by atoms with van der Waals surface area (Å²) in [4.78, 5) is 17.8. The zero-order valence-corrected chi connectivity index (χ0v) is 13.5. The Labute approximate surface area is 141 Å². The molecule has 0 saturated carbocycles. The van der Waals surface area contributed by atoms with Crippen LogP contribution in [0.1, 0.15) is 12.0 Å². The van der Waals surface area contributed by atoms with Gasteiger partial charge in [0.15, 0.2) is 0 Å². The number of rotatable bonds is 4. The summed E-state index contributed by atoms with van der Waals surface area (Å²) in [5.74, 6) is 0.0398. The molecule has 0 unspecified atom stereocenters. The lowest BCUT2D eigenvalue weighted by Crippen LogP contribution is -2.28. The fourth-order valence-corrected chi connectivity index (χ4v) is 2.80. The van der Waals surface area contributed by atoms with E-state index < -0.39 is 5.97 Å². The maximum atomic E-state index is 10.7. The number of hydrogen-bond donors (Lipinski definition) is 2. The molecule has 0 aliphatic carbocycles. The fourth-order valence-electron chi connectivity index (χ4n) is 2.80. The van der Waals surface area contributed by atoms with Gasteiger partial charge in [-0.3, -0.25) is 0 Å². The number of pyridine rings is 1. The molecular formula is C19H21N3O2. The van der Waals surface area contributed by atoms with Crippen molar-refractivity contribution in [3.8, 4) is 11.3 Å². The second kappa shape index (κ2) is 7.75. The number of carboxylic acid groups (broad SMARTS) is 1. The number of anilines is 1. The van der Waals surface area contributed by atoms with Gasteiger partial charge in [0.2, 0.25) is 0 Å². The van der Waals surface area contributed by atoms with Crippen molar-refractivity contribution >= 4 is 17.9 Å². The van der Waals surface area contributed by atoms with E-state index in [4.69, 9.17) is 10.1 Å². The normalized spacial score (nSPS) is 15.4. The molecule has 2 N–H and O–H groups in total. The molecule has 0 radical (unpaired) electrons. The largest absolute Gasteiger partial charge is 0.478 e. The van der Waals surface area contributed by atoms with E-state index in [0.29, 0.717) is 0 Å². The minimum Gasteiger partial charge on any atom is -0.478 e. The van der Waals surface area contributed by atoms with Crippen LogP contribution in [-0.2, 0) is 4.79 Å². The van der Waals surface area contributed by atoms with Crippen LogP contribution in [0.5, 0.6) is 0 Å². The van der Waals surface area contributed by atoms with Gasteiger partial charge in [-0.15, -0.1) is 0 Å². The van der Waals surface area contributed by atoms with Crippen molar-refractivity contribution in [1.82, 2.24) is 10.3 Å². The van der Waals surface area contributed by atoms with Crippen LogP contribution in [-0.4, -0.2) is 42.2 Å². The Morgan fingerprint density at radius 3 is 2.92 bits per heavy atom. The molecule has 5 nitrogen and oxygen atoms in total. The first-order chi connectivity index (χ1) is 11.7. The van der Waals surface area contributed by atoms with Gasteiger partial charge >= 0.3 is 5.97 Å². The number of benzene rings is 1. The number of hydrogen-bond acceptors (Lipinski definition) is 4. The Morgan fingerprint density at radius 2 is 2.04 bits per heavy atom. The van der Waals surface area contributed by atoms with E-state index in [1.54, 1.807) is 6.08 Å². The smallest absolute Gasteiger partial charge is 0.328 e. The molecule has 1 aliphatic rings. The van der Waals surface area contributed by atoms with Gasteiger partial charge in [-0.1, -0.05) is 24.3 Å². The average Bonchev–Trinajstić information content (AvgIpc) is 2.90. The Kier molecular flexibility index (Phi) is 5.23. The van der Waals surface area contributed by atoms with Gasteiger partial charge in [-0.25, -0.2) is 9.78 Å². The summed E-state index contributed by atoms with van der Waals surface area (Å²) in [6.07, 6.45) is 3.85. The van der Waals surface area contributed by atoms with Crippen LogP contribution >= 0.6 is 0 Å². The van der Waals surface area contributed by atoms with Crippen molar-refractivity contribution in [2.75, 3.05) is 31.1 Å². The van der Waals surface area contributed by atoms with E-state index in [1.165, 1.54) is 0 Å². The van der Waals surface area contributed by atoms with Gasteiger partial charge in [0, 0.05) is 31.3 Å². The molecule has 0 spiro atoms. The Bertz CT molecular complexity index is 735. The maximum Gasteiger partial charge on any atom is 0.328 e. The van der Waals surface area contributed by atoms with E-state index in [1.807, 2.05) is 42.5 Å². The van der Waals surface area contributed by atoms with E-state index in [9.17, 15) is 4.79 Å². The van der Waals surface area contributed by atoms with Crippen LogP contribution in [0.15, 0.2) is 48.5 Å². The van der Waals surface area contributed by atoms with Crippen LogP contribution < -0.4 is 10.2 Å². The molecule has 0 bridgehead atoms. The third kappa shape index (κ3) is 4.20. The molecule has 2 aromatic rings. The van der Waals surface area contributed by atoms with E-state index >= 15 is 0 Å². The zero-order chi connectivity index (χ0) is 16.8. The van der Waals surface area contributed by atoms with Crippen LogP contribution in [0.3, 0.4) is 0 Å². The summed E-state index contributed by atoms with van der Waals surface area (Å²) in [6, 6.07) is 13.8. The molecule has 1 aliphatic heterocycles. The highest BCUT2D eigenvalue weighted by Crippen LogP contribution is 2.22. The lowest BCUT2D eigenvalue weighted by molar-refractivity contribution is -0.131. The average molecular weight is 323 g/mol. The summed E-state index contributed by atoms with van der Waals surface area (Å²) in [7, 11) is 0. The summed E-state index contributed by atoms with van der Waals surface area (Å²) in [5, 5.41) is 12.2. The maximum absolute atomic E-state index is 10.7. The standard InChI is InChI=1S/C19H21N3O2/c23-19(24)9-8-15-4-1-5-16(14-15)17-6-2-7-18(21-17)22-12-3-10-20-11-13-22/h1-2,4-9,14,20H,3,10-13H2,(H,23,24)/b9-8+. The summed E-state index contributed by atoms with van der Waals surface area (Å²) < 4.78 is 0. The third-order valence-corrected chi connectivity index (χ3v) is 4.00. The highest BCUT2D eigenvalue weighted by Gasteiger charge is 2.11. The number of aliphatic carboxylic acids is 1. The minimum absolute atomic E-state index is 0.848. The van der Waals surface area contributed by atoms with Crippen molar-refractivity contribution in [3.05, 3.63) is 54.1 Å². The molecule has 1 aromatic carbocycles. The monoisotopic (exact) mass is 323 g/mol. The van der Waals surface area contributed by atoms with Crippen LogP contribution in [0, 0.1) is 0 Å². The lowest BCUT2D eigenvalue weighted by atomic mass is 10.1. The van der Waals surface area contributed by atoms with Crippen molar-refractivity contribution in [3.63, 3.8) is 0 Å². The molecule has 5 heteroatoms. The lowest BCUT2D eigenvalue weighted by Gasteiger charge is -2.21. The summed E-state index contributed by atoms with van der Waals surface area (Å²) in [6.45, 7) is 3.98. The quantitative estimate of drug-likeness (QED) is 0.847. The highest BCUT2D eigenvalue weighted by molar-refractivity contribution is 5.85. The van der Waals surface area contributed by atoms with Gasteiger partial charge in [0.1, 0.15) is 5.82 Å². The zero-order valence-electron chi connectivity index (χ0n) is 13.5. The molecule has 24 heavy (non-hydrogen) atoms. The number of nitrogens with one attached hydrogen (secondary N) is 1. The van der Waals surface area contributed by atoms with Gasteiger partial charge < -0.3 is 15.3 Å². The van der Waals surface area contributed by atoms with Gasteiger partial charge in [0.05, 0.1) is 5.69 Å². The van der Waals surface area contributed by atoms with E-state index in [2.05, 4.69) is 10.2 Å². The predicted molar refractivity (Wildman–Crippen MR) is 96.0 cm³/mol. The molecule has 1 fully saturated rings. The number of carbonyl (C=O) groups is 1. The van der Waals surface area contributed by atoms with Crippen LogP contribution in [0.2, 0.25) is 0 Å². The van der Waals surface area contributed by atoms with E-state index in [-0.39, 0.29) is 0 Å². The van der Waals surface area contributed by atoms with Gasteiger partial charge in [-0.05, 0) is 42.8 Å². The van der Waals surface area contributed by atoms with Crippen LogP contribution in [0.4, 0.5) is 5.82 Å². The Hall–Kier alpha value is -2.66. The second-order valence-electron chi connectivity index (χ2n) is 5.77. The molecule has 1 saturated heterocycles. The van der Waals surface area contributed by atoms with Gasteiger partial charge in [0.25, 0.3) is 0 Å². The van der Waals surface area contributed by atoms with Crippen molar-refractivity contribution in [1.29, 1.82) is 0 Å². The fraction of sp³-hybridized carbons (Fsp3) is 0.263. The Balaban J connectivity index is 1.85. The van der Waals surface area contributed by atoms with Crippen LogP contribution in [0.25, 0.3) is 17.3 Å². The highest BCUT2D eigenvalue weighted by atomic mass is 16.4. The van der Waals surface area contributed by atoms with Crippen molar-refractivity contribution < 1.29 is 9.90 Å². The van der Waals surface area contributed by atoms with E-state index in [0.717, 1.165) is 61.3 Å². The minimum atomic E-state index is -0.949. The second-order valence-corrected chi connectivity index (χ2v) is 5.77. The molecule has 1 aromatic heterocycles. The molecule has 0 atom stereocenters. The van der Waals surface area contributed by atoms with Gasteiger partial charge in [-0.2, -0.15) is 0 Å². The first-order valence-corrected chi connectivity index (χ1v) is 8.16. The molecular weight excluding hydrogens is 302 g/mol. The number of nitrogens with zero attached hydrogens (tertiary/aromatic N) is 2. The summed E-state index contributed by atoms with van der Waals surface area (Å²) >= 11 is 0. The topological polar surface area (TPSA) is 65.5 Å². The molecule has 124 valence electrons. The van der Waals surface area contributed by atoms with Crippen molar-refractivity contribution in [2.45, 2.75) is 6.42 Å². The Morgan fingerprint density at radius 1 is 1.17 bits per heavy atom. The number of carboxylic acids is 1. The first-order valence-electron chi connectivity index (χ1n) is 8.16. The first kappa shape index (κ1) is 16.2.